The molecule has 0 atom stereocenters. The van der Waals surface area contributed by atoms with Crippen LogP contribution in [0.25, 0.3) is 0 Å². The zero-order valence-corrected chi connectivity index (χ0v) is 27.5. The summed E-state index contributed by atoms with van der Waals surface area (Å²) in [6.07, 6.45) is 4.83. The molecule has 7 nitrogen and oxygen atoms in total. The number of piperazine rings is 1. The standard InChI is InChI=1S/C38H49N7/c1-5-7-25-42(3)35-17-9-31(10-18-35)39-32-11-21-37(22-12-32)44-27-29-45(30-28-44)38-23-15-34(16-24-38)41-40-33-13-19-36(20-14-33)43(4)26-8-6-2/h9-24,39H,5-8,25-30H2,1-4H3. The predicted molar refractivity (Wildman–Crippen MR) is 194 cm³/mol. The summed E-state index contributed by atoms with van der Waals surface area (Å²) in [5, 5.41) is 12.5. The first-order chi connectivity index (χ1) is 22.0. The second kappa shape index (κ2) is 16.0. The van der Waals surface area contributed by atoms with Gasteiger partial charge in [-0.1, -0.05) is 26.7 Å². The maximum absolute atomic E-state index is 4.47. The zero-order valence-electron chi connectivity index (χ0n) is 27.5. The molecule has 4 aromatic rings. The third kappa shape index (κ3) is 9.00. The molecule has 0 unspecified atom stereocenters. The van der Waals surface area contributed by atoms with Gasteiger partial charge in [-0.15, -0.1) is 0 Å². The van der Waals surface area contributed by atoms with E-state index in [2.05, 4.69) is 148 Å². The van der Waals surface area contributed by atoms with E-state index in [9.17, 15) is 0 Å². The Bertz CT molecular complexity index is 1460. The third-order valence-corrected chi connectivity index (χ3v) is 8.59. The first-order valence-corrected chi connectivity index (χ1v) is 16.5. The number of benzene rings is 4. The van der Waals surface area contributed by atoms with Crippen LogP contribution in [0.1, 0.15) is 39.5 Å². The maximum Gasteiger partial charge on any atom is 0.0858 e. The lowest BCUT2D eigenvalue weighted by molar-refractivity contribution is 0.653. The van der Waals surface area contributed by atoms with Gasteiger partial charge in [0.15, 0.2) is 0 Å². The second-order valence-electron chi connectivity index (χ2n) is 12.0. The minimum atomic E-state index is 0.866. The van der Waals surface area contributed by atoms with Gasteiger partial charge >= 0.3 is 0 Å². The Labute approximate surface area is 270 Å². The maximum atomic E-state index is 4.47. The molecule has 45 heavy (non-hydrogen) atoms. The molecule has 0 aromatic heterocycles. The lowest BCUT2D eigenvalue weighted by Gasteiger charge is -2.37. The van der Waals surface area contributed by atoms with Crippen LogP contribution in [0.2, 0.25) is 0 Å². The summed E-state index contributed by atoms with van der Waals surface area (Å²) < 4.78 is 0. The molecule has 0 saturated carbocycles. The molecule has 0 spiro atoms. The van der Waals surface area contributed by atoms with E-state index in [4.69, 9.17) is 0 Å². The molecule has 236 valence electrons. The number of rotatable bonds is 14. The van der Waals surface area contributed by atoms with Crippen LogP contribution in [0.15, 0.2) is 107 Å². The number of nitrogens with one attached hydrogen (secondary N) is 1. The fraction of sp³-hybridized carbons (Fsp3) is 0.368. The van der Waals surface area contributed by atoms with Crippen LogP contribution in [0, 0.1) is 0 Å². The van der Waals surface area contributed by atoms with Crippen molar-refractivity contribution in [2.75, 3.05) is 78.3 Å². The largest absolute Gasteiger partial charge is 0.375 e. The van der Waals surface area contributed by atoms with Crippen LogP contribution < -0.4 is 24.9 Å². The van der Waals surface area contributed by atoms with E-state index in [1.807, 2.05) is 12.1 Å². The molecule has 0 bridgehead atoms. The van der Waals surface area contributed by atoms with E-state index < -0.39 is 0 Å². The van der Waals surface area contributed by atoms with Crippen LogP contribution in [-0.4, -0.2) is 53.4 Å². The van der Waals surface area contributed by atoms with Gasteiger partial charge in [-0.05, 0) is 110 Å². The molecule has 0 radical (unpaired) electrons. The smallest absolute Gasteiger partial charge is 0.0858 e. The summed E-state index contributed by atoms with van der Waals surface area (Å²) in [5.74, 6) is 0. The van der Waals surface area contributed by atoms with Crippen molar-refractivity contribution in [2.24, 2.45) is 10.2 Å². The predicted octanol–water partition coefficient (Wildman–Crippen LogP) is 9.64. The van der Waals surface area contributed by atoms with Gasteiger partial charge < -0.3 is 24.9 Å². The zero-order chi connectivity index (χ0) is 31.4. The Balaban J connectivity index is 1.08. The third-order valence-electron chi connectivity index (χ3n) is 8.59. The molecule has 1 aliphatic heterocycles. The van der Waals surface area contributed by atoms with Crippen LogP contribution >= 0.6 is 0 Å². The van der Waals surface area contributed by atoms with Crippen molar-refractivity contribution >= 4 is 45.5 Å². The molecular weight excluding hydrogens is 554 g/mol. The molecule has 1 aliphatic rings. The van der Waals surface area contributed by atoms with Crippen molar-refractivity contribution in [3.8, 4) is 0 Å². The van der Waals surface area contributed by atoms with Gasteiger partial charge in [-0.3, -0.25) is 0 Å². The minimum Gasteiger partial charge on any atom is -0.375 e. The number of unbranched alkanes of at least 4 members (excludes halogenated alkanes) is 2. The van der Waals surface area contributed by atoms with E-state index in [1.54, 1.807) is 0 Å². The summed E-state index contributed by atoms with van der Waals surface area (Å²) in [6, 6.07) is 34.2. The van der Waals surface area contributed by atoms with E-state index in [0.29, 0.717) is 0 Å². The fourth-order valence-corrected chi connectivity index (χ4v) is 5.61. The molecule has 1 saturated heterocycles. The summed E-state index contributed by atoms with van der Waals surface area (Å²) in [5.41, 5.74) is 8.92. The SMILES string of the molecule is CCCCN(C)c1ccc(N=Nc2ccc(N3CCN(c4ccc(Nc5ccc(N(C)CCCC)cc5)cc4)CC3)cc2)cc1. The fourth-order valence-electron chi connectivity index (χ4n) is 5.61. The average molecular weight is 604 g/mol. The first-order valence-electron chi connectivity index (χ1n) is 16.5. The van der Waals surface area contributed by atoms with Gasteiger partial charge in [0.2, 0.25) is 0 Å². The van der Waals surface area contributed by atoms with Crippen LogP contribution in [0.5, 0.6) is 0 Å². The molecule has 5 rings (SSSR count). The molecule has 1 heterocycles. The highest BCUT2D eigenvalue weighted by molar-refractivity contribution is 5.65. The molecule has 4 aromatic carbocycles. The first kappa shape index (κ1) is 31.9. The number of anilines is 6. The van der Waals surface area contributed by atoms with Gasteiger partial charge in [0.05, 0.1) is 11.4 Å². The quantitative estimate of drug-likeness (QED) is 0.145. The normalized spacial score (nSPS) is 13.3. The summed E-state index contributed by atoms with van der Waals surface area (Å²) in [7, 11) is 4.30. The van der Waals surface area contributed by atoms with Gasteiger partial charge in [-0.2, -0.15) is 10.2 Å². The van der Waals surface area contributed by atoms with Crippen molar-refractivity contribution in [1.82, 2.24) is 0 Å². The van der Waals surface area contributed by atoms with Crippen LogP contribution in [0.4, 0.5) is 45.5 Å². The minimum absolute atomic E-state index is 0.866. The number of azo groups is 1. The van der Waals surface area contributed by atoms with E-state index in [0.717, 1.165) is 62.0 Å². The lowest BCUT2D eigenvalue weighted by Crippen LogP contribution is -2.46. The number of hydrogen-bond donors (Lipinski definition) is 1. The van der Waals surface area contributed by atoms with Crippen LogP contribution in [0.3, 0.4) is 0 Å². The van der Waals surface area contributed by atoms with Gasteiger partial charge in [0.25, 0.3) is 0 Å². The number of nitrogens with zero attached hydrogens (tertiary/aromatic N) is 6. The molecule has 0 amide bonds. The molecule has 0 aliphatic carbocycles. The second-order valence-corrected chi connectivity index (χ2v) is 12.0. The molecule has 7 heteroatoms. The van der Waals surface area contributed by atoms with Crippen molar-refractivity contribution in [3.63, 3.8) is 0 Å². The van der Waals surface area contributed by atoms with Crippen molar-refractivity contribution in [2.45, 2.75) is 39.5 Å². The highest BCUT2D eigenvalue weighted by atomic mass is 15.3. The topological polar surface area (TPSA) is 49.7 Å². The summed E-state index contributed by atoms with van der Waals surface area (Å²) in [6.45, 7) is 10.6. The Morgan fingerprint density at radius 3 is 1.31 bits per heavy atom. The van der Waals surface area contributed by atoms with Gasteiger partial charge in [0, 0.05) is 87.5 Å². The number of hydrogen-bond acceptors (Lipinski definition) is 7. The van der Waals surface area contributed by atoms with Crippen molar-refractivity contribution in [1.29, 1.82) is 0 Å². The average Bonchev–Trinajstić information content (AvgIpc) is 3.10. The van der Waals surface area contributed by atoms with Crippen molar-refractivity contribution < 1.29 is 0 Å². The molecular formula is C38H49N7. The Kier molecular flexibility index (Phi) is 11.3. The van der Waals surface area contributed by atoms with E-state index in [-0.39, 0.29) is 0 Å². The Morgan fingerprint density at radius 1 is 0.533 bits per heavy atom. The van der Waals surface area contributed by atoms with Crippen LogP contribution in [-0.2, 0) is 0 Å². The lowest BCUT2D eigenvalue weighted by atomic mass is 10.2. The molecule has 1 N–H and O–H groups in total. The highest BCUT2D eigenvalue weighted by Crippen LogP contribution is 2.27. The van der Waals surface area contributed by atoms with E-state index >= 15 is 0 Å². The monoisotopic (exact) mass is 603 g/mol. The van der Waals surface area contributed by atoms with Gasteiger partial charge in [-0.25, -0.2) is 0 Å². The highest BCUT2D eigenvalue weighted by Gasteiger charge is 2.17. The van der Waals surface area contributed by atoms with Gasteiger partial charge in [0.1, 0.15) is 0 Å². The Hall–Kier alpha value is -4.52. The summed E-state index contributed by atoms with van der Waals surface area (Å²) >= 11 is 0. The van der Waals surface area contributed by atoms with Crippen molar-refractivity contribution in [3.05, 3.63) is 97.1 Å². The van der Waals surface area contributed by atoms with E-state index in [1.165, 1.54) is 48.4 Å². The molecule has 1 fully saturated rings. The Morgan fingerprint density at radius 2 is 0.889 bits per heavy atom. The summed E-state index contributed by atoms with van der Waals surface area (Å²) in [4.78, 5) is 9.52.